The van der Waals surface area contributed by atoms with Crippen molar-refractivity contribution in [3.8, 4) is 0 Å². The van der Waals surface area contributed by atoms with Gasteiger partial charge in [0.15, 0.2) is 0 Å². The van der Waals surface area contributed by atoms with Crippen molar-refractivity contribution >= 4 is 11.3 Å². The van der Waals surface area contributed by atoms with Crippen LogP contribution in [-0.2, 0) is 13.0 Å². The molecule has 0 bridgehead atoms. The van der Waals surface area contributed by atoms with E-state index < -0.39 is 0 Å². The molecule has 0 radical (unpaired) electrons. The van der Waals surface area contributed by atoms with Crippen LogP contribution in [0, 0.1) is 5.82 Å². The standard InChI is InChI=1S/C15H18FN3S/c16-12-1-2-14(18-9-12)13(17)3-6-19-7-4-15-11(10-19)5-8-20-15/h1-2,5,8-9,13H,3-4,6-7,10,17H2. The van der Waals surface area contributed by atoms with Crippen molar-refractivity contribution in [1.82, 2.24) is 9.88 Å². The highest BCUT2D eigenvalue weighted by Gasteiger charge is 2.18. The van der Waals surface area contributed by atoms with Gasteiger partial charge in [0, 0.05) is 30.6 Å². The predicted octanol–water partition coefficient (Wildman–Crippen LogP) is 2.73. The zero-order valence-corrected chi connectivity index (χ0v) is 12.1. The number of fused-ring (bicyclic) bond motifs is 1. The number of thiophene rings is 1. The minimum absolute atomic E-state index is 0.125. The number of hydrogen-bond acceptors (Lipinski definition) is 4. The van der Waals surface area contributed by atoms with E-state index in [1.807, 2.05) is 11.3 Å². The van der Waals surface area contributed by atoms with Crippen LogP contribution in [0.2, 0.25) is 0 Å². The second kappa shape index (κ2) is 5.99. The Kier molecular flexibility index (Phi) is 4.10. The normalized spacial score (nSPS) is 16.9. The van der Waals surface area contributed by atoms with Crippen LogP contribution in [0.5, 0.6) is 0 Å². The molecule has 0 aliphatic carbocycles. The average molecular weight is 291 g/mol. The van der Waals surface area contributed by atoms with Gasteiger partial charge >= 0.3 is 0 Å². The molecule has 0 spiro atoms. The fourth-order valence-corrected chi connectivity index (χ4v) is 3.46. The summed E-state index contributed by atoms with van der Waals surface area (Å²) in [4.78, 5) is 8.00. The van der Waals surface area contributed by atoms with Crippen molar-refractivity contribution in [1.29, 1.82) is 0 Å². The highest BCUT2D eigenvalue weighted by atomic mass is 32.1. The third kappa shape index (κ3) is 3.06. The van der Waals surface area contributed by atoms with Crippen molar-refractivity contribution < 1.29 is 4.39 Å². The van der Waals surface area contributed by atoms with Gasteiger partial charge in [-0.05, 0) is 42.0 Å². The van der Waals surface area contributed by atoms with Crippen LogP contribution in [0.3, 0.4) is 0 Å². The Bertz CT molecular complexity index is 567. The van der Waals surface area contributed by atoms with Gasteiger partial charge in [-0.1, -0.05) is 0 Å². The summed E-state index contributed by atoms with van der Waals surface area (Å²) in [6, 6.07) is 5.18. The number of halogens is 1. The number of nitrogens with two attached hydrogens (primary N) is 1. The quantitative estimate of drug-likeness (QED) is 0.942. The summed E-state index contributed by atoms with van der Waals surface area (Å²) in [7, 11) is 0. The molecule has 0 fully saturated rings. The highest BCUT2D eigenvalue weighted by molar-refractivity contribution is 7.10. The minimum Gasteiger partial charge on any atom is -0.323 e. The number of pyridine rings is 1. The molecule has 106 valence electrons. The topological polar surface area (TPSA) is 42.1 Å². The van der Waals surface area contributed by atoms with E-state index in [9.17, 15) is 4.39 Å². The maximum Gasteiger partial charge on any atom is 0.141 e. The Labute approximate surface area is 122 Å². The first-order valence-electron chi connectivity index (χ1n) is 6.87. The molecule has 0 saturated heterocycles. The van der Waals surface area contributed by atoms with E-state index in [1.54, 1.807) is 6.07 Å². The summed E-state index contributed by atoms with van der Waals surface area (Å²) in [5.74, 6) is -0.318. The smallest absolute Gasteiger partial charge is 0.141 e. The van der Waals surface area contributed by atoms with E-state index in [2.05, 4.69) is 21.3 Å². The molecule has 2 aromatic heterocycles. The maximum absolute atomic E-state index is 12.8. The second-order valence-electron chi connectivity index (χ2n) is 5.19. The first-order chi connectivity index (χ1) is 9.72. The van der Waals surface area contributed by atoms with E-state index in [-0.39, 0.29) is 11.9 Å². The van der Waals surface area contributed by atoms with Gasteiger partial charge in [0.2, 0.25) is 0 Å². The molecule has 0 saturated carbocycles. The summed E-state index contributed by atoms with van der Waals surface area (Å²) < 4.78 is 12.8. The predicted molar refractivity (Wildman–Crippen MR) is 79.0 cm³/mol. The summed E-state index contributed by atoms with van der Waals surface area (Å²) in [5, 5.41) is 2.17. The van der Waals surface area contributed by atoms with Crippen molar-refractivity contribution in [2.24, 2.45) is 5.73 Å². The lowest BCUT2D eigenvalue weighted by molar-refractivity contribution is 0.246. The van der Waals surface area contributed by atoms with E-state index in [0.717, 1.165) is 38.2 Å². The van der Waals surface area contributed by atoms with E-state index in [1.165, 1.54) is 22.7 Å². The molecule has 3 rings (SSSR count). The molecule has 2 aromatic rings. The molecule has 0 aromatic carbocycles. The Morgan fingerprint density at radius 1 is 1.40 bits per heavy atom. The average Bonchev–Trinajstić information content (AvgIpc) is 2.93. The third-order valence-corrected chi connectivity index (χ3v) is 4.80. The Morgan fingerprint density at radius 2 is 2.30 bits per heavy atom. The zero-order valence-electron chi connectivity index (χ0n) is 11.3. The monoisotopic (exact) mass is 291 g/mol. The third-order valence-electron chi connectivity index (χ3n) is 3.77. The van der Waals surface area contributed by atoms with Crippen molar-refractivity contribution in [2.45, 2.75) is 25.4 Å². The molecular formula is C15H18FN3S. The molecule has 1 aliphatic heterocycles. The van der Waals surface area contributed by atoms with Gasteiger partial charge in [0.1, 0.15) is 5.82 Å². The molecule has 5 heteroatoms. The molecule has 3 nitrogen and oxygen atoms in total. The van der Waals surface area contributed by atoms with Gasteiger partial charge in [-0.15, -0.1) is 11.3 Å². The maximum atomic E-state index is 12.8. The van der Waals surface area contributed by atoms with Crippen molar-refractivity contribution in [3.05, 3.63) is 51.7 Å². The Balaban J connectivity index is 1.54. The Morgan fingerprint density at radius 3 is 3.10 bits per heavy atom. The number of nitrogens with zero attached hydrogens (tertiary/aromatic N) is 2. The molecule has 2 N–H and O–H groups in total. The zero-order chi connectivity index (χ0) is 13.9. The van der Waals surface area contributed by atoms with Crippen molar-refractivity contribution in [2.75, 3.05) is 13.1 Å². The van der Waals surface area contributed by atoms with Gasteiger partial charge in [0.25, 0.3) is 0 Å². The molecule has 0 amide bonds. The number of aromatic nitrogens is 1. The molecule has 1 atom stereocenters. The number of rotatable bonds is 4. The van der Waals surface area contributed by atoms with Crippen LogP contribution in [-0.4, -0.2) is 23.0 Å². The Hall–Kier alpha value is -1.30. The molecule has 1 unspecified atom stereocenters. The fraction of sp³-hybridized carbons (Fsp3) is 0.400. The van der Waals surface area contributed by atoms with Crippen LogP contribution in [0.15, 0.2) is 29.8 Å². The minimum atomic E-state index is -0.318. The van der Waals surface area contributed by atoms with Gasteiger partial charge in [0.05, 0.1) is 11.9 Å². The van der Waals surface area contributed by atoms with Gasteiger partial charge in [-0.3, -0.25) is 9.88 Å². The van der Waals surface area contributed by atoms with Crippen LogP contribution < -0.4 is 5.73 Å². The molecule has 3 heterocycles. The van der Waals surface area contributed by atoms with E-state index in [4.69, 9.17) is 5.73 Å². The van der Waals surface area contributed by atoms with Gasteiger partial charge in [-0.2, -0.15) is 0 Å². The molecule has 1 aliphatic rings. The summed E-state index contributed by atoms with van der Waals surface area (Å²) in [5.41, 5.74) is 8.34. The first-order valence-corrected chi connectivity index (χ1v) is 7.75. The first kappa shape index (κ1) is 13.7. The fourth-order valence-electron chi connectivity index (χ4n) is 2.57. The van der Waals surface area contributed by atoms with Gasteiger partial charge in [-0.25, -0.2) is 4.39 Å². The highest BCUT2D eigenvalue weighted by Crippen LogP contribution is 2.24. The number of hydrogen-bond donors (Lipinski definition) is 1. The van der Waals surface area contributed by atoms with Crippen molar-refractivity contribution in [3.63, 3.8) is 0 Å². The largest absolute Gasteiger partial charge is 0.323 e. The van der Waals surface area contributed by atoms with E-state index in [0.29, 0.717) is 0 Å². The SMILES string of the molecule is NC(CCN1CCc2sccc2C1)c1ccc(F)cn1. The molecule has 20 heavy (non-hydrogen) atoms. The second-order valence-corrected chi connectivity index (χ2v) is 6.19. The van der Waals surface area contributed by atoms with E-state index >= 15 is 0 Å². The lowest BCUT2D eigenvalue weighted by Gasteiger charge is -2.27. The van der Waals surface area contributed by atoms with Crippen LogP contribution in [0.1, 0.15) is 28.6 Å². The van der Waals surface area contributed by atoms with Crippen LogP contribution in [0.25, 0.3) is 0 Å². The molecular weight excluding hydrogens is 273 g/mol. The lowest BCUT2D eigenvalue weighted by Crippen LogP contribution is -2.32. The van der Waals surface area contributed by atoms with Crippen LogP contribution >= 0.6 is 11.3 Å². The summed E-state index contributed by atoms with van der Waals surface area (Å²) >= 11 is 1.85. The lowest BCUT2D eigenvalue weighted by atomic mass is 10.1. The van der Waals surface area contributed by atoms with Gasteiger partial charge < -0.3 is 5.73 Å². The van der Waals surface area contributed by atoms with Crippen LogP contribution in [0.4, 0.5) is 4.39 Å². The summed E-state index contributed by atoms with van der Waals surface area (Å²) in [6.07, 6.45) is 3.21. The summed E-state index contributed by atoms with van der Waals surface area (Å²) in [6.45, 7) is 3.06.